The first-order chi connectivity index (χ1) is 6.42. The summed E-state index contributed by atoms with van der Waals surface area (Å²) in [5.74, 6) is 0. The van der Waals surface area contributed by atoms with Gasteiger partial charge in [0.15, 0.2) is 0 Å². The molecular weight excluding hydrogens is 217 g/mol. The summed E-state index contributed by atoms with van der Waals surface area (Å²) in [5, 5.41) is 5.21. The first-order valence-electron chi connectivity index (χ1n) is 4.54. The number of alkyl halides is 4. The summed E-state index contributed by atoms with van der Waals surface area (Å²) in [7, 11) is 0. The zero-order chi connectivity index (χ0) is 11.0. The van der Waals surface area contributed by atoms with Crippen LogP contribution in [-0.4, -0.2) is 31.3 Å². The van der Waals surface area contributed by atoms with Crippen LogP contribution in [0.25, 0.3) is 0 Å². The fourth-order valence-electron chi connectivity index (χ4n) is 0.889. The molecule has 0 aromatic rings. The van der Waals surface area contributed by atoms with Crippen LogP contribution in [0.4, 0.5) is 13.2 Å². The summed E-state index contributed by atoms with van der Waals surface area (Å²) < 4.78 is 34.9. The van der Waals surface area contributed by atoms with Gasteiger partial charge in [-0.2, -0.15) is 13.2 Å². The lowest BCUT2D eigenvalue weighted by Gasteiger charge is -2.09. The standard InChI is InChI=1S/C8H16ClF3N2/c1-7(9)3-2-4-13-6-14-5-8(10,11)12/h7,13-14H,2-6H2,1H3. The molecule has 1 unspecified atom stereocenters. The van der Waals surface area contributed by atoms with Crippen molar-refractivity contribution >= 4 is 11.6 Å². The topological polar surface area (TPSA) is 24.1 Å². The van der Waals surface area contributed by atoms with Crippen LogP contribution < -0.4 is 10.6 Å². The van der Waals surface area contributed by atoms with E-state index in [9.17, 15) is 13.2 Å². The molecule has 2 N–H and O–H groups in total. The van der Waals surface area contributed by atoms with Crippen LogP contribution in [0.2, 0.25) is 0 Å². The fraction of sp³-hybridized carbons (Fsp3) is 1.00. The Labute approximate surface area is 87.2 Å². The van der Waals surface area contributed by atoms with Gasteiger partial charge < -0.3 is 5.32 Å². The number of hydrogen-bond acceptors (Lipinski definition) is 2. The van der Waals surface area contributed by atoms with Crippen molar-refractivity contribution in [3.8, 4) is 0 Å². The van der Waals surface area contributed by atoms with Crippen molar-refractivity contribution in [2.24, 2.45) is 0 Å². The second-order valence-corrected chi connectivity index (χ2v) is 3.89. The van der Waals surface area contributed by atoms with E-state index in [1.807, 2.05) is 6.92 Å². The van der Waals surface area contributed by atoms with Crippen molar-refractivity contribution in [3.63, 3.8) is 0 Å². The van der Waals surface area contributed by atoms with E-state index in [4.69, 9.17) is 11.6 Å². The second-order valence-electron chi connectivity index (χ2n) is 3.14. The van der Waals surface area contributed by atoms with Crippen LogP contribution in [0.15, 0.2) is 0 Å². The van der Waals surface area contributed by atoms with E-state index in [2.05, 4.69) is 10.6 Å². The summed E-state index contributed by atoms with van der Waals surface area (Å²) in [6.07, 6.45) is -2.39. The van der Waals surface area contributed by atoms with Gasteiger partial charge in [0.25, 0.3) is 0 Å². The van der Waals surface area contributed by atoms with Crippen LogP contribution in [0.3, 0.4) is 0 Å². The highest BCUT2D eigenvalue weighted by Crippen LogP contribution is 2.11. The van der Waals surface area contributed by atoms with E-state index in [0.717, 1.165) is 12.8 Å². The van der Waals surface area contributed by atoms with Crippen molar-refractivity contribution in [2.75, 3.05) is 19.8 Å². The lowest BCUT2D eigenvalue weighted by Crippen LogP contribution is -2.36. The summed E-state index contributed by atoms with van der Waals surface area (Å²) in [5.41, 5.74) is 0. The Morgan fingerprint density at radius 3 is 2.43 bits per heavy atom. The molecule has 0 amide bonds. The summed E-state index contributed by atoms with van der Waals surface area (Å²) in [6, 6.07) is 0. The normalized spacial score (nSPS) is 14.4. The Bertz CT molecular complexity index is 139. The monoisotopic (exact) mass is 232 g/mol. The Morgan fingerprint density at radius 1 is 1.29 bits per heavy atom. The first-order valence-corrected chi connectivity index (χ1v) is 4.97. The molecule has 1 atom stereocenters. The zero-order valence-corrected chi connectivity index (χ0v) is 8.88. The van der Waals surface area contributed by atoms with Crippen molar-refractivity contribution in [1.82, 2.24) is 10.6 Å². The Morgan fingerprint density at radius 2 is 1.93 bits per heavy atom. The SMILES string of the molecule is CC(Cl)CCCNCNCC(F)(F)F. The third-order valence-electron chi connectivity index (χ3n) is 1.53. The average Bonchev–Trinajstić information content (AvgIpc) is 2.00. The minimum Gasteiger partial charge on any atom is -0.304 e. The van der Waals surface area contributed by atoms with Crippen molar-refractivity contribution in [3.05, 3.63) is 0 Å². The van der Waals surface area contributed by atoms with E-state index < -0.39 is 12.7 Å². The molecule has 0 saturated heterocycles. The predicted octanol–water partition coefficient (Wildman–Crippen LogP) is 2.09. The van der Waals surface area contributed by atoms with Gasteiger partial charge in [0.05, 0.1) is 6.54 Å². The Kier molecular flexibility index (Phi) is 7.31. The lowest BCUT2D eigenvalue weighted by molar-refractivity contribution is -0.124. The summed E-state index contributed by atoms with van der Waals surface area (Å²) in [4.78, 5) is 0. The maximum absolute atomic E-state index is 11.6. The molecule has 2 nitrogen and oxygen atoms in total. The van der Waals surface area contributed by atoms with E-state index in [-0.39, 0.29) is 12.0 Å². The van der Waals surface area contributed by atoms with E-state index in [1.165, 1.54) is 0 Å². The summed E-state index contributed by atoms with van der Waals surface area (Å²) >= 11 is 5.69. The fourth-order valence-corrected chi connectivity index (χ4v) is 1.04. The minimum absolute atomic E-state index is 0.125. The maximum Gasteiger partial charge on any atom is 0.401 e. The van der Waals surface area contributed by atoms with Gasteiger partial charge in [-0.1, -0.05) is 0 Å². The predicted molar refractivity (Wildman–Crippen MR) is 51.5 cm³/mol. The number of hydrogen-bond donors (Lipinski definition) is 2. The molecule has 0 heterocycles. The van der Waals surface area contributed by atoms with Gasteiger partial charge >= 0.3 is 6.18 Å². The van der Waals surface area contributed by atoms with E-state index >= 15 is 0 Å². The van der Waals surface area contributed by atoms with Crippen molar-refractivity contribution in [1.29, 1.82) is 0 Å². The van der Waals surface area contributed by atoms with Crippen LogP contribution >= 0.6 is 11.6 Å². The van der Waals surface area contributed by atoms with Gasteiger partial charge in [-0.25, -0.2) is 0 Å². The number of nitrogens with one attached hydrogen (secondary N) is 2. The van der Waals surface area contributed by atoms with Crippen LogP contribution in [0.1, 0.15) is 19.8 Å². The molecule has 0 aliphatic rings. The number of halogens is 4. The van der Waals surface area contributed by atoms with Gasteiger partial charge in [-0.15, -0.1) is 11.6 Å². The molecular formula is C8H16ClF3N2. The van der Waals surface area contributed by atoms with Crippen molar-refractivity contribution < 1.29 is 13.2 Å². The first kappa shape index (κ1) is 14.0. The molecule has 0 aromatic heterocycles. The van der Waals surface area contributed by atoms with Gasteiger partial charge in [-0.05, 0) is 26.3 Å². The molecule has 0 rings (SSSR count). The Balaban J connectivity index is 3.07. The lowest BCUT2D eigenvalue weighted by atomic mass is 10.2. The molecule has 0 radical (unpaired) electrons. The highest BCUT2D eigenvalue weighted by atomic mass is 35.5. The third kappa shape index (κ3) is 12.0. The molecule has 0 saturated carbocycles. The van der Waals surface area contributed by atoms with Crippen LogP contribution in [0.5, 0.6) is 0 Å². The van der Waals surface area contributed by atoms with Gasteiger partial charge in [0.1, 0.15) is 0 Å². The number of rotatable bonds is 7. The quantitative estimate of drug-likeness (QED) is 0.399. The Hall–Kier alpha value is -0.0000000000000000555. The molecule has 6 heteroatoms. The van der Waals surface area contributed by atoms with Gasteiger partial charge in [-0.3, -0.25) is 5.32 Å². The molecule has 0 aliphatic heterocycles. The van der Waals surface area contributed by atoms with Crippen LogP contribution in [0, 0.1) is 0 Å². The molecule has 14 heavy (non-hydrogen) atoms. The average molecular weight is 233 g/mol. The zero-order valence-electron chi connectivity index (χ0n) is 8.12. The smallest absolute Gasteiger partial charge is 0.304 e. The molecule has 86 valence electrons. The summed E-state index contributed by atoms with van der Waals surface area (Å²) in [6.45, 7) is 1.80. The van der Waals surface area contributed by atoms with Crippen molar-refractivity contribution in [2.45, 2.75) is 31.3 Å². The minimum atomic E-state index is -4.13. The maximum atomic E-state index is 11.6. The molecule has 0 spiro atoms. The highest BCUT2D eigenvalue weighted by molar-refractivity contribution is 6.20. The van der Waals surface area contributed by atoms with E-state index in [1.54, 1.807) is 0 Å². The third-order valence-corrected chi connectivity index (χ3v) is 1.75. The van der Waals surface area contributed by atoms with E-state index in [0.29, 0.717) is 6.54 Å². The van der Waals surface area contributed by atoms with Gasteiger partial charge in [0, 0.05) is 12.0 Å². The molecule has 0 fully saturated rings. The van der Waals surface area contributed by atoms with Gasteiger partial charge in [0.2, 0.25) is 0 Å². The second kappa shape index (κ2) is 7.31. The largest absolute Gasteiger partial charge is 0.401 e. The molecule has 0 bridgehead atoms. The highest BCUT2D eigenvalue weighted by Gasteiger charge is 2.25. The molecule has 0 aromatic carbocycles. The molecule has 0 aliphatic carbocycles. The van der Waals surface area contributed by atoms with Crippen LogP contribution in [-0.2, 0) is 0 Å².